The van der Waals surface area contributed by atoms with Crippen molar-refractivity contribution >= 4 is 16.6 Å². The van der Waals surface area contributed by atoms with E-state index in [1.165, 1.54) is 12.1 Å². The first-order valence-corrected chi connectivity index (χ1v) is 6.16. The average Bonchev–Trinajstić information content (AvgIpc) is 2.47. The zero-order valence-corrected chi connectivity index (χ0v) is 10.6. The zero-order chi connectivity index (χ0) is 13.9. The second-order valence-electron chi connectivity index (χ2n) is 4.45. The molecule has 0 amide bonds. The Labute approximate surface area is 115 Å². The molecule has 3 rings (SSSR count). The van der Waals surface area contributed by atoms with Gasteiger partial charge in [-0.05, 0) is 11.6 Å². The molecular formula is C15H11N3O2. The first kappa shape index (κ1) is 12.2. The SMILES string of the molecule is O=[N+]([O-])c1ccc2nc(Cc3ccccc3)ncc2c1. The van der Waals surface area contributed by atoms with Crippen molar-refractivity contribution in [1.82, 2.24) is 9.97 Å². The van der Waals surface area contributed by atoms with Crippen molar-refractivity contribution in [1.29, 1.82) is 0 Å². The maximum Gasteiger partial charge on any atom is 0.270 e. The molecule has 0 saturated carbocycles. The Morgan fingerprint density at radius 3 is 2.65 bits per heavy atom. The van der Waals surface area contributed by atoms with Crippen molar-refractivity contribution in [3.8, 4) is 0 Å². The minimum Gasteiger partial charge on any atom is -0.258 e. The fraction of sp³-hybridized carbons (Fsp3) is 0.0667. The summed E-state index contributed by atoms with van der Waals surface area (Å²) in [6.45, 7) is 0. The van der Waals surface area contributed by atoms with Gasteiger partial charge in [0.05, 0.1) is 10.4 Å². The summed E-state index contributed by atoms with van der Waals surface area (Å²) in [6, 6.07) is 14.5. The van der Waals surface area contributed by atoms with E-state index in [1.807, 2.05) is 30.3 Å². The molecule has 3 aromatic rings. The summed E-state index contributed by atoms with van der Waals surface area (Å²) in [6.07, 6.45) is 2.28. The summed E-state index contributed by atoms with van der Waals surface area (Å²) in [5.74, 6) is 0.706. The van der Waals surface area contributed by atoms with Crippen LogP contribution >= 0.6 is 0 Å². The molecule has 0 unspecified atom stereocenters. The molecule has 0 aliphatic heterocycles. The van der Waals surface area contributed by atoms with E-state index in [2.05, 4.69) is 9.97 Å². The van der Waals surface area contributed by atoms with Crippen LogP contribution < -0.4 is 0 Å². The first-order chi connectivity index (χ1) is 9.72. The maximum absolute atomic E-state index is 10.7. The molecule has 0 saturated heterocycles. The molecule has 98 valence electrons. The normalized spacial score (nSPS) is 10.6. The van der Waals surface area contributed by atoms with E-state index >= 15 is 0 Å². The van der Waals surface area contributed by atoms with Crippen LogP contribution in [0.5, 0.6) is 0 Å². The fourth-order valence-corrected chi connectivity index (χ4v) is 2.04. The third-order valence-corrected chi connectivity index (χ3v) is 3.03. The van der Waals surface area contributed by atoms with E-state index in [0.717, 1.165) is 11.1 Å². The smallest absolute Gasteiger partial charge is 0.258 e. The Balaban J connectivity index is 1.95. The van der Waals surface area contributed by atoms with Gasteiger partial charge < -0.3 is 0 Å². The highest BCUT2D eigenvalue weighted by Gasteiger charge is 2.08. The Bertz CT molecular complexity index is 772. The third kappa shape index (κ3) is 2.47. The standard InChI is InChI=1S/C15H11N3O2/c19-18(20)13-6-7-14-12(9-13)10-16-15(17-14)8-11-4-2-1-3-5-11/h1-7,9-10H,8H2. The van der Waals surface area contributed by atoms with Crippen LogP contribution in [0.3, 0.4) is 0 Å². The Hall–Kier alpha value is -2.82. The van der Waals surface area contributed by atoms with Gasteiger partial charge in [-0.3, -0.25) is 10.1 Å². The van der Waals surface area contributed by atoms with E-state index in [9.17, 15) is 10.1 Å². The largest absolute Gasteiger partial charge is 0.270 e. The lowest BCUT2D eigenvalue weighted by Gasteiger charge is -2.02. The Morgan fingerprint density at radius 2 is 1.90 bits per heavy atom. The summed E-state index contributed by atoms with van der Waals surface area (Å²) in [4.78, 5) is 19.0. The minimum absolute atomic E-state index is 0.0527. The average molecular weight is 265 g/mol. The number of hydrogen-bond donors (Lipinski definition) is 0. The predicted molar refractivity (Wildman–Crippen MR) is 75.4 cm³/mol. The molecule has 0 N–H and O–H groups in total. The van der Waals surface area contributed by atoms with Crippen molar-refractivity contribution in [3.05, 3.63) is 76.2 Å². The van der Waals surface area contributed by atoms with E-state index in [0.29, 0.717) is 17.6 Å². The van der Waals surface area contributed by atoms with E-state index < -0.39 is 4.92 Å². The summed E-state index contributed by atoms with van der Waals surface area (Å²) in [5, 5.41) is 11.4. The van der Waals surface area contributed by atoms with Gasteiger partial charge in [-0.15, -0.1) is 0 Å². The van der Waals surface area contributed by atoms with E-state index in [-0.39, 0.29) is 5.69 Å². The number of benzene rings is 2. The number of non-ortho nitro benzene ring substituents is 1. The van der Waals surface area contributed by atoms with Crippen LogP contribution in [0.1, 0.15) is 11.4 Å². The molecule has 0 spiro atoms. The maximum atomic E-state index is 10.7. The van der Waals surface area contributed by atoms with Crippen molar-refractivity contribution in [2.75, 3.05) is 0 Å². The topological polar surface area (TPSA) is 68.9 Å². The van der Waals surface area contributed by atoms with Crippen LogP contribution in [-0.2, 0) is 6.42 Å². The highest BCUT2D eigenvalue weighted by atomic mass is 16.6. The monoisotopic (exact) mass is 265 g/mol. The van der Waals surface area contributed by atoms with Crippen LogP contribution in [-0.4, -0.2) is 14.9 Å². The molecule has 2 aromatic carbocycles. The Morgan fingerprint density at radius 1 is 1.10 bits per heavy atom. The van der Waals surface area contributed by atoms with Gasteiger partial charge in [0.15, 0.2) is 0 Å². The predicted octanol–water partition coefficient (Wildman–Crippen LogP) is 3.13. The molecule has 0 bridgehead atoms. The number of rotatable bonds is 3. The lowest BCUT2D eigenvalue weighted by Crippen LogP contribution is -1.97. The number of nitrogens with zero attached hydrogens (tertiary/aromatic N) is 3. The van der Waals surface area contributed by atoms with Gasteiger partial charge in [-0.1, -0.05) is 30.3 Å². The molecule has 0 radical (unpaired) electrons. The number of nitro benzene ring substituents is 1. The molecule has 5 heteroatoms. The number of nitro groups is 1. The van der Waals surface area contributed by atoms with E-state index in [4.69, 9.17) is 0 Å². The van der Waals surface area contributed by atoms with Gasteiger partial charge in [-0.25, -0.2) is 9.97 Å². The van der Waals surface area contributed by atoms with Crippen LogP contribution in [0, 0.1) is 10.1 Å². The molecule has 0 aliphatic carbocycles. The molecule has 0 aliphatic rings. The second kappa shape index (κ2) is 5.05. The van der Waals surface area contributed by atoms with Gasteiger partial charge in [0.25, 0.3) is 5.69 Å². The fourth-order valence-electron chi connectivity index (χ4n) is 2.04. The summed E-state index contributed by atoms with van der Waals surface area (Å²) < 4.78 is 0. The minimum atomic E-state index is -0.419. The third-order valence-electron chi connectivity index (χ3n) is 3.03. The van der Waals surface area contributed by atoms with Gasteiger partial charge in [-0.2, -0.15) is 0 Å². The number of hydrogen-bond acceptors (Lipinski definition) is 4. The second-order valence-corrected chi connectivity index (χ2v) is 4.45. The summed E-state index contributed by atoms with van der Waals surface area (Å²) in [7, 11) is 0. The molecule has 20 heavy (non-hydrogen) atoms. The molecular weight excluding hydrogens is 254 g/mol. The molecule has 1 heterocycles. The van der Waals surface area contributed by atoms with Crippen LogP contribution in [0.2, 0.25) is 0 Å². The van der Waals surface area contributed by atoms with Gasteiger partial charge >= 0.3 is 0 Å². The summed E-state index contributed by atoms with van der Waals surface area (Å²) in [5.41, 5.74) is 1.90. The lowest BCUT2D eigenvalue weighted by atomic mass is 10.1. The highest BCUT2D eigenvalue weighted by Crippen LogP contribution is 2.19. The number of aromatic nitrogens is 2. The van der Waals surface area contributed by atoms with Crippen molar-refractivity contribution < 1.29 is 4.92 Å². The van der Waals surface area contributed by atoms with Crippen LogP contribution in [0.4, 0.5) is 5.69 Å². The van der Waals surface area contributed by atoms with Crippen LogP contribution in [0.25, 0.3) is 10.9 Å². The van der Waals surface area contributed by atoms with Crippen molar-refractivity contribution in [2.45, 2.75) is 6.42 Å². The van der Waals surface area contributed by atoms with Crippen LogP contribution in [0.15, 0.2) is 54.7 Å². The first-order valence-electron chi connectivity index (χ1n) is 6.16. The van der Waals surface area contributed by atoms with Gasteiger partial charge in [0.2, 0.25) is 0 Å². The highest BCUT2D eigenvalue weighted by molar-refractivity contribution is 5.80. The quantitative estimate of drug-likeness (QED) is 0.539. The van der Waals surface area contributed by atoms with Gasteiger partial charge in [0, 0.05) is 30.1 Å². The molecule has 0 atom stereocenters. The van der Waals surface area contributed by atoms with Crippen molar-refractivity contribution in [3.63, 3.8) is 0 Å². The molecule has 1 aromatic heterocycles. The molecule has 5 nitrogen and oxygen atoms in total. The lowest BCUT2D eigenvalue weighted by molar-refractivity contribution is -0.384. The number of fused-ring (bicyclic) bond motifs is 1. The van der Waals surface area contributed by atoms with Gasteiger partial charge in [0.1, 0.15) is 5.82 Å². The molecule has 0 fully saturated rings. The zero-order valence-electron chi connectivity index (χ0n) is 10.6. The Kier molecular flexibility index (Phi) is 3.09. The summed E-state index contributed by atoms with van der Waals surface area (Å²) >= 11 is 0. The van der Waals surface area contributed by atoms with Crippen molar-refractivity contribution in [2.24, 2.45) is 0 Å². The van der Waals surface area contributed by atoms with E-state index in [1.54, 1.807) is 12.3 Å².